The largest absolute Gasteiger partial charge is 0.454 e. The monoisotopic (exact) mass is 374 g/mol. The Hall–Kier alpha value is -3.73. The summed E-state index contributed by atoms with van der Waals surface area (Å²) in [6.45, 7) is 0. The lowest BCUT2D eigenvalue weighted by atomic mass is 10.1. The SMILES string of the molecule is O=C(OC(CC(=O)c1ccccc1)Oc1ccccc1)C(=O)c1ccccc1. The molecule has 28 heavy (non-hydrogen) atoms. The average molecular weight is 374 g/mol. The second kappa shape index (κ2) is 9.28. The molecule has 0 N–H and O–H groups in total. The Balaban J connectivity index is 1.74. The number of hydrogen-bond donors (Lipinski definition) is 0. The van der Waals surface area contributed by atoms with Gasteiger partial charge in [-0.25, -0.2) is 4.79 Å². The van der Waals surface area contributed by atoms with E-state index in [0.29, 0.717) is 11.3 Å². The van der Waals surface area contributed by atoms with Crippen molar-refractivity contribution in [2.75, 3.05) is 0 Å². The normalized spacial score (nSPS) is 11.3. The highest BCUT2D eigenvalue weighted by Crippen LogP contribution is 2.16. The third-order valence-corrected chi connectivity index (χ3v) is 3.92. The zero-order chi connectivity index (χ0) is 19.8. The van der Waals surface area contributed by atoms with Crippen molar-refractivity contribution in [3.8, 4) is 5.75 Å². The molecule has 0 heterocycles. The van der Waals surface area contributed by atoms with E-state index in [1.807, 2.05) is 6.07 Å². The van der Waals surface area contributed by atoms with E-state index in [1.54, 1.807) is 72.8 Å². The molecule has 5 heteroatoms. The van der Waals surface area contributed by atoms with Crippen LogP contribution in [0.3, 0.4) is 0 Å². The Morgan fingerprint density at radius 1 is 0.679 bits per heavy atom. The molecule has 0 bridgehead atoms. The Morgan fingerprint density at radius 2 is 1.18 bits per heavy atom. The van der Waals surface area contributed by atoms with Crippen LogP contribution in [0.1, 0.15) is 27.1 Å². The fraction of sp³-hybridized carbons (Fsp3) is 0.0870. The number of carbonyl (C=O) groups excluding carboxylic acids is 3. The van der Waals surface area contributed by atoms with Crippen LogP contribution in [0.2, 0.25) is 0 Å². The van der Waals surface area contributed by atoms with E-state index in [0.717, 1.165) is 0 Å². The number of Topliss-reactive ketones (excluding diaryl/α,β-unsaturated/α-hetero) is 2. The summed E-state index contributed by atoms with van der Waals surface area (Å²) in [6, 6.07) is 25.3. The Morgan fingerprint density at radius 3 is 1.75 bits per heavy atom. The van der Waals surface area contributed by atoms with Crippen LogP contribution < -0.4 is 4.74 Å². The molecule has 0 amide bonds. The molecule has 1 atom stereocenters. The van der Waals surface area contributed by atoms with Crippen LogP contribution in [-0.2, 0) is 9.53 Å². The Labute approximate surface area is 162 Å². The number of para-hydroxylation sites is 1. The molecule has 140 valence electrons. The van der Waals surface area contributed by atoms with Crippen molar-refractivity contribution < 1.29 is 23.9 Å². The molecule has 0 aliphatic carbocycles. The molecule has 0 saturated heterocycles. The van der Waals surface area contributed by atoms with E-state index in [-0.39, 0.29) is 17.8 Å². The van der Waals surface area contributed by atoms with E-state index in [9.17, 15) is 14.4 Å². The maximum atomic E-state index is 12.5. The smallest absolute Gasteiger partial charge is 0.382 e. The van der Waals surface area contributed by atoms with E-state index < -0.39 is 18.0 Å². The van der Waals surface area contributed by atoms with Crippen LogP contribution in [0.15, 0.2) is 91.0 Å². The molecule has 0 fully saturated rings. The highest BCUT2D eigenvalue weighted by molar-refractivity contribution is 6.40. The molecule has 0 spiro atoms. The van der Waals surface area contributed by atoms with Gasteiger partial charge in [-0.3, -0.25) is 9.59 Å². The number of ketones is 2. The highest BCUT2D eigenvalue weighted by Gasteiger charge is 2.26. The first-order valence-corrected chi connectivity index (χ1v) is 8.74. The topological polar surface area (TPSA) is 69.7 Å². The van der Waals surface area contributed by atoms with Gasteiger partial charge in [0.25, 0.3) is 12.1 Å². The molecule has 0 radical (unpaired) electrons. The molecular weight excluding hydrogens is 356 g/mol. The van der Waals surface area contributed by atoms with Gasteiger partial charge in [-0.15, -0.1) is 0 Å². The second-order valence-corrected chi connectivity index (χ2v) is 5.95. The third kappa shape index (κ3) is 5.14. The van der Waals surface area contributed by atoms with Gasteiger partial charge >= 0.3 is 5.97 Å². The predicted molar refractivity (Wildman–Crippen MR) is 103 cm³/mol. The maximum absolute atomic E-state index is 12.5. The molecule has 0 aromatic heterocycles. The molecule has 0 saturated carbocycles. The molecular formula is C23H18O5. The Kier molecular flexibility index (Phi) is 6.31. The first-order chi connectivity index (χ1) is 13.6. The molecule has 3 aromatic carbocycles. The minimum atomic E-state index is -1.23. The second-order valence-electron chi connectivity index (χ2n) is 5.95. The van der Waals surface area contributed by atoms with Gasteiger partial charge < -0.3 is 9.47 Å². The van der Waals surface area contributed by atoms with Crippen LogP contribution in [0.25, 0.3) is 0 Å². The van der Waals surface area contributed by atoms with Gasteiger partial charge in [-0.2, -0.15) is 0 Å². The Bertz CT molecular complexity index is 937. The summed E-state index contributed by atoms with van der Waals surface area (Å²) >= 11 is 0. The molecule has 0 aliphatic heterocycles. The third-order valence-electron chi connectivity index (χ3n) is 3.92. The summed E-state index contributed by atoms with van der Waals surface area (Å²) in [6.07, 6.45) is -1.44. The van der Waals surface area contributed by atoms with Crippen molar-refractivity contribution in [1.29, 1.82) is 0 Å². The summed E-state index contributed by atoms with van der Waals surface area (Å²) in [4.78, 5) is 37.1. The number of rotatable bonds is 8. The molecule has 5 nitrogen and oxygen atoms in total. The number of esters is 1. The number of carbonyl (C=O) groups is 3. The van der Waals surface area contributed by atoms with Gasteiger partial charge in [0.15, 0.2) is 5.78 Å². The summed E-state index contributed by atoms with van der Waals surface area (Å²) in [5.74, 6) is -1.71. The zero-order valence-electron chi connectivity index (χ0n) is 15.0. The first-order valence-electron chi connectivity index (χ1n) is 8.74. The summed E-state index contributed by atoms with van der Waals surface area (Å²) in [7, 11) is 0. The fourth-order valence-electron chi connectivity index (χ4n) is 2.53. The minimum Gasteiger partial charge on any atom is -0.454 e. The standard InChI is InChI=1S/C23H18O5/c24-20(17-10-4-1-5-11-17)16-21(27-19-14-8-3-9-15-19)28-23(26)22(25)18-12-6-2-7-13-18/h1-15,21H,16H2. The van der Waals surface area contributed by atoms with E-state index in [4.69, 9.17) is 9.47 Å². The van der Waals surface area contributed by atoms with Gasteiger partial charge in [0.1, 0.15) is 5.75 Å². The lowest BCUT2D eigenvalue weighted by molar-refractivity contribution is -0.157. The summed E-state index contributed by atoms with van der Waals surface area (Å²) < 4.78 is 10.9. The van der Waals surface area contributed by atoms with Gasteiger partial charge in [0, 0.05) is 11.1 Å². The van der Waals surface area contributed by atoms with Crippen molar-refractivity contribution in [2.24, 2.45) is 0 Å². The van der Waals surface area contributed by atoms with Crippen LogP contribution in [-0.4, -0.2) is 23.8 Å². The number of benzene rings is 3. The van der Waals surface area contributed by atoms with Crippen LogP contribution in [0.4, 0.5) is 0 Å². The first kappa shape index (κ1) is 19.0. The fourth-order valence-corrected chi connectivity index (χ4v) is 2.53. The van der Waals surface area contributed by atoms with Gasteiger partial charge in [-0.1, -0.05) is 78.9 Å². The molecule has 0 aliphatic rings. The van der Waals surface area contributed by atoms with E-state index in [1.165, 1.54) is 12.1 Å². The van der Waals surface area contributed by atoms with Crippen molar-refractivity contribution >= 4 is 17.5 Å². The maximum Gasteiger partial charge on any atom is 0.382 e. The lowest BCUT2D eigenvalue weighted by Gasteiger charge is -2.18. The van der Waals surface area contributed by atoms with Crippen molar-refractivity contribution in [1.82, 2.24) is 0 Å². The van der Waals surface area contributed by atoms with E-state index in [2.05, 4.69) is 0 Å². The lowest BCUT2D eigenvalue weighted by Crippen LogP contribution is -2.30. The minimum absolute atomic E-state index is 0.209. The zero-order valence-corrected chi connectivity index (χ0v) is 15.0. The molecule has 1 unspecified atom stereocenters. The van der Waals surface area contributed by atoms with Crippen LogP contribution >= 0.6 is 0 Å². The molecule has 3 aromatic rings. The van der Waals surface area contributed by atoms with E-state index >= 15 is 0 Å². The number of ether oxygens (including phenoxy) is 2. The average Bonchev–Trinajstić information content (AvgIpc) is 2.75. The summed E-state index contributed by atoms with van der Waals surface area (Å²) in [5.41, 5.74) is 0.676. The number of hydrogen-bond acceptors (Lipinski definition) is 5. The predicted octanol–water partition coefficient (Wildman–Crippen LogP) is 4.09. The van der Waals surface area contributed by atoms with Crippen molar-refractivity contribution in [3.05, 3.63) is 102 Å². The van der Waals surface area contributed by atoms with Crippen LogP contribution in [0.5, 0.6) is 5.75 Å². The highest BCUT2D eigenvalue weighted by atomic mass is 16.7. The van der Waals surface area contributed by atoms with Gasteiger partial charge in [0.05, 0.1) is 6.42 Å². The van der Waals surface area contributed by atoms with Gasteiger partial charge in [0.2, 0.25) is 0 Å². The quantitative estimate of drug-likeness (QED) is 0.257. The van der Waals surface area contributed by atoms with Crippen LogP contribution in [0, 0.1) is 0 Å². The molecule has 3 rings (SSSR count). The van der Waals surface area contributed by atoms with Crippen molar-refractivity contribution in [3.63, 3.8) is 0 Å². The summed E-state index contributed by atoms with van der Waals surface area (Å²) in [5, 5.41) is 0. The van der Waals surface area contributed by atoms with Gasteiger partial charge in [-0.05, 0) is 12.1 Å². The van der Waals surface area contributed by atoms with Crippen molar-refractivity contribution in [2.45, 2.75) is 12.7 Å².